The molecular formula is C15H20N4O. The first kappa shape index (κ1) is 13.1. The number of fused-ring (bicyclic) bond motifs is 1. The molecule has 5 heteroatoms. The molecule has 1 fully saturated rings. The molecule has 1 aromatic heterocycles. The van der Waals surface area contributed by atoms with E-state index in [-0.39, 0.29) is 5.91 Å². The molecule has 1 amide bonds. The van der Waals surface area contributed by atoms with E-state index in [1.807, 2.05) is 29.8 Å². The number of amides is 1. The van der Waals surface area contributed by atoms with Crippen LogP contribution in [0.2, 0.25) is 0 Å². The highest BCUT2D eigenvalue weighted by molar-refractivity contribution is 5.97. The summed E-state index contributed by atoms with van der Waals surface area (Å²) in [5.41, 5.74) is 2.43. The van der Waals surface area contributed by atoms with Crippen LogP contribution in [0.25, 0.3) is 11.0 Å². The van der Waals surface area contributed by atoms with E-state index in [1.165, 1.54) is 19.3 Å². The van der Waals surface area contributed by atoms with Crippen LogP contribution in [-0.2, 0) is 6.54 Å². The molecule has 0 atom stereocenters. The van der Waals surface area contributed by atoms with Crippen LogP contribution in [0.4, 0.5) is 0 Å². The Labute approximate surface area is 118 Å². The summed E-state index contributed by atoms with van der Waals surface area (Å²) in [5, 5.41) is 11.3. The lowest BCUT2D eigenvalue weighted by Gasteiger charge is -2.22. The van der Waals surface area contributed by atoms with Crippen molar-refractivity contribution in [3.8, 4) is 0 Å². The number of nitrogens with one attached hydrogen (secondary N) is 1. The van der Waals surface area contributed by atoms with Crippen molar-refractivity contribution < 1.29 is 4.79 Å². The van der Waals surface area contributed by atoms with E-state index in [2.05, 4.69) is 15.6 Å². The number of carbonyl (C=O) groups excluding carboxylic acids is 1. The van der Waals surface area contributed by atoms with Gasteiger partial charge in [0.1, 0.15) is 5.52 Å². The van der Waals surface area contributed by atoms with Crippen LogP contribution in [0.5, 0.6) is 0 Å². The van der Waals surface area contributed by atoms with E-state index >= 15 is 0 Å². The summed E-state index contributed by atoms with van der Waals surface area (Å²) in [5.74, 6) is 0.00449. The summed E-state index contributed by atoms with van der Waals surface area (Å²) in [4.78, 5) is 12.3. The minimum absolute atomic E-state index is 0.00449. The Hall–Kier alpha value is -1.91. The van der Waals surface area contributed by atoms with Gasteiger partial charge in [0.2, 0.25) is 0 Å². The van der Waals surface area contributed by atoms with E-state index in [1.54, 1.807) is 0 Å². The van der Waals surface area contributed by atoms with Crippen molar-refractivity contribution >= 4 is 16.9 Å². The molecule has 1 saturated carbocycles. The second kappa shape index (κ2) is 5.61. The van der Waals surface area contributed by atoms with Crippen molar-refractivity contribution in [2.24, 2.45) is 0 Å². The molecule has 20 heavy (non-hydrogen) atoms. The van der Waals surface area contributed by atoms with Gasteiger partial charge in [0.05, 0.1) is 5.52 Å². The van der Waals surface area contributed by atoms with Crippen LogP contribution in [0.1, 0.15) is 49.4 Å². The van der Waals surface area contributed by atoms with Gasteiger partial charge in [-0.15, -0.1) is 5.10 Å². The van der Waals surface area contributed by atoms with Gasteiger partial charge in [-0.2, -0.15) is 0 Å². The van der Waals surface area contributed by atoms with E-state index in [0.717, 1.165) is 30.4 Å². The van der Waals surface area contributed by atoms with Gasteiger partial charge in [0.15, 0.2) is 0 Å². The zero-order valence-corrected chi connectivity index (χ0v) is 11.8. The zero-order chi connectivity index (χ0) is 13.9. The number of benzene rings is 1. The first-order valence-electron chi connectivity index (χ1n) is 7.42. The van der Waals surface area contributed by atoms with Gasteiger partial charge >= 0.3 is 0 Å². The minimum atomic E-state index is 0.00449. The highest BCUT2D eigenvalue weighted by Gasteiger charge is 2.17. The van der Waals surface area contributed by atoms with E-state index in [9.17, 15) is 4.79 Å². The first-order valence-corrected chi connectivity index (χ1v) is 7.42. The predicted octanol–water partition coefficient (Wildman–Crippen LogP) is 2.51. The molecule has 0 radical (unpaired) electrons. The molecule has 3 rings (SSSR count). The van der Waals surface area contributed by atoms with Crippen LogP contribution in [0.15, 0.2) is 18.2 Å². The van der Waals surface area contributed by atoms with Gasteiger partial charge in [0, 0.05) is 18.2 Å². The molecule has 0 bridgehead atoms. The van der Waals surface area contributed by atoms with Gasteiger partial charge in [0.25, 0.3) is 5.91 Å². The van der Waals surface area contributed by atoms with E-state index in [4.69, 9.17) is 0 Å². The van der Waals surface area contributed by atoms with Crippen LogP contribution in [-0.4, -0.2) is 26.9 Å². The highest BCUT2D eigenvalue weighted by atomic mass is 16.1. The van der Waals surface area contributed by atoms with Crippen molar-refractivity contribution in [3.05, 3.63) is 23.8 Å². The maximum atomic E-state index is 12.3. The monoisotopic (exact) mass is 272 g/mol. The Morgan fingerprint density at radius 1 is 1.35 bits per heavy atom. The number of hydrogen-bond donors (Lipinski definition) is 1. The molecule has 1 aliphatic carbocycles. The molecule has 0 saturated heterocycles. The largest absolute Gasteiger partial charge is 0.349 e. The lowest BCUT2D eigenvalue weighted by Crippen LogP contribution is -2.36. The quantitative estimate of drug-likeness (QED) is 0.934. The molecule has 5 nitrogen and oxygen atoms in total. The Kier molecular flexibility index (Phi) is 3.67. The molecule has 1 N–H and O–H groups in total. The van der Waals surface area contributed by atoms with E-state index in [0.29, 0.717) is 11.6 Å². The summed E-state index contributed by atoms with van der Waals surface area (Å²) < 4.78 is 1.83. The third kappa shape index (κ3) is 2.53. The van der Waals surface area contributed by atoms with Gasteiger partial charge in [-0.25, -0.2) is 4.68 Å². The first-order chi connectivity index (χ1) is 9.78. The van der Waals surface area contributed by atoms with Gasteiger partial charge < -0.3 is 5.32 Å². The van der Waals surface area contributed by atoms with Gasteiger partial charge in [-0.1, -0.05) is 24.5 Å². The number of aryl methyl sites for hydroxylation is 1. The highest BCUT2D eigenvalue weighted by Crippen LogP contribution is 2.18. The van der Waals surface area contributed by atoms with Gasteiger partial charge in [-0.3, -0.25) is 4.79 Å². The Morgan fingerprint density at radius 2 is 2.15 bits per heavy atom. The standard InChI is InChI=1S/C15H20N4O/c1-2-19-14-9-8-11(10-13(14)17-18-19)15(20)16-12-6-4-3-5-7-12/h8-10,12H,2-7H2,1H3,(H,16,20). The third-order valence-electron chi connectivity index (χ3n) is 4.02. The average molecular weight is 272 g/mol. The van der Waals surface area contributed by atoms with Crippen LogP contribution in [0, 0.1) is 0 Å². The molecular weight excluding hydrogens is 252 g/mol. The fourth-order valence-electron chi connectivity index (χ4n) is 2.86. The summed E-state index contributed by atoms with van der Waals surface area (Å²) in [6, 6.07) is 5.94. The van der Waals surface area contributed by atoms with Crippen molar-refractivity contribution in [1.82, 2.24) is 20.3 Å². The maximum Gasteiger partial charge on any atom is 0.251 e. The topological polar surface area (TPSA) is 59.8 Å². The lowest BCUT2D eigenvalue weighted by molar-refractivity contribution is 0.0928. The summed E-state index contributed by atoms with van der Waals surface area (Å²) in [7, 11) is 0. The van der Waals surface area contributed by atoms with Crippen LogP contribution >= 0.6 is 0 Å². The molecule has 0 unspecified atom stereocenters. The smallest absolute Gasteiger partial charge is 0.251 e. The second-order valence-electron chi connectivity index (χ2n) is 5.42. The number of rotatable bonds is 3. The second-order valence-corrected chi connectivity index (χ2v) is 5.42. The summed E-state index contributed by atoms with van der Waals surface area (Å²) in [6.45, 7) is 2.81. The molecule has 0 spiro atoms. The Bertz CT molecular complexity index is 613. The third-order valence-corrected chi connectivity index (χ3v) is 4.02. The fourth-order valence-corrected chi connectivity index (χ4v) is 2.86. The number of nitrogens with zero attached hydrogens (tertiary/aromatic N) is 3. The van der Waals surface area contributed by atoms with Crippen molar-refractivity contribution in [2.75, 3.05) is 0 Å². The predicted molar refractivity (Wildman–Crippen MR) is 77.5 cm³/mol. The fraction of sp³-hybridized carbons (Fsp3) is 0.533. The zero-order valence-electron chi connectivity index (χ0n) is 11.8. The Morgan fingerprint density at radius 3 is 2.90 bits per heavy atom. The lowest BCUT2D eigenvalue weighted by atomic mass is 9.95. The van der Waals surface area contributed by atoms with Crippen molar-refractivity contribution in [2.45, 2.75) is 51.6 Å². The molecule has 1 aliphatic rings. The Balaban J connectivity index is 1.77. The number of aromatic nitrogens is 3. The number of carbonyl (C=O) groups is 1. The van der Waals surface area contributed by atoms with Crippen LogP contribution < -0.4 is 5.32 Å². The molecule has 106 valence electrons. The molecule has 0 aliphatic heterocycles. The van der Waals surface area contributed by atoms with Crippen molar-refractivity contribution in [3.63, 3.8) is 0 Å². The summed E-state index contributed by atoms with van der Waals surface area (Å²) in [6.07, 6.45) is 5.92. The average Bonchev–Trinajstić information content (AvgIpc) is 2.90. The van der Waals surface area contributed by atoms with Crippen molar-refractivity contribution in [1.29, 1.82) is 0 Å². The number of hydrogen-bond acceptors (Lipinski definition) is 3. The SMILES string of the molecule is CCn1nnc2cc(C(=O)NC3CCCCC3)ccc21. The maximum absolute atomic E-state index is 12.3. The van der Waals surface area contributed by atoms with E-state index < -0.39 is 0 Å². The normalized spacial score (nSPS) is 16.4. The molecule has 1 aromatic carbocycles. The molecule has 1 heterocycles. The minimum Gasteiger partial charge on any atom is -0.349 e. The summed E-state index contributed by atoms with van der Waals surface area (Å²) >= 11 is 0. The van der Waals surface area contributed by atoms with Crippen LogP contribution in [0.3, 0.4) is 0 Å². The van der Waals surface area contributed by atoms with Gasteiger partial charge in [-0.05, 0) is 38.0 Å². The molecule has 2 aromatic rings.